The Morgan fingerprint density at radius 3 is 2.74 bits per heavy atom. The third kappa shape index (κ3) is 3.84. The lowest BCUT2D eigenvalue weighted by Crippen LogP contribution is -2.23. The van der Waals surface area contributed by atoms with Crippen molar-refractivity contribution < 1.29 is 9.53 Å². The van der Waals surface area contributed by atoms with E-state index >= 15 is 0 Å². The number of H-pyrrole nitrogens is 1. The molecule has 6 nitrogen and oxygen atoms in total. The van der Waals surface area contributed by atoms with Gasteiger partial charge >= 0.3 is 0 Å². The van der Waals surface area contributed by atoms with Gasteiger partial charge in [0.05, 0.1) is 18.4 Å². The standard InChI is InChI=1S/C16H18ClN3O3/c1-20(2)16(22)12-7-11(17)8-13(14(12)23-3)19-9-10-5-4-6-18-15(10)21/h4-8,19H,9H2,1-3H3,(H,18,21). The zero-order valence-electron chi connectivity index (χ0n) is 13.1. The van der Waals surface area contributed by atoms with Gasteiger partial charge in [-0.2, -0.15) is 0 Å². The van der Waals surface area contributed by atoms with Crippen molar-refractivity contribution in [1.29, 1.82) is 0 Å². The number of anilines is 1. The number of hydrogen-bond acceptors (Lipinski definition) is 4. The Balaban J connectivity index is 2.36. The Kier molecular flexibility index (Phi) is 5.28. The highest BCUT2D eigenvalue weighted by molar-refractivity contribution is 6.31. The summed E-state index contributed by atoms with van der Waals surface area (Å²) < 4.78 is 5.37. The summed E-state index contributed by atoms with van der Waals surface area (Å²) in [5.41, 5.74) is 1.29. The number of amides is 1. The van der Waals surface area contributed by atoms with E-state index in [1.807, 2.05) is 0 Å². The third-order valence-corrected chi connectivity index (χ3v) is 3.48. The average molecular weight is 336 g/mol. The second-order valence-corrected chi connectivity index (χ2v) is 5.55. The van der Waals surface area contributed by atoms with Crippen LogP contribution in [0.3, 0.4) is 0 Å². The molecule has 23 heavy (non-hydrogen) atoms. The van der Waals surface area contributed by atoms with Crippen molar-refractivity contribution in [2.24, 2.45) is 0 Å². The maximum atomic E-state index is 12.3. The summed E-state index contributed by atoms with van der Waals surface area (Å²) in [5, 5.41) is 3.50. The van der Waals surface area contributed by atoms with Crippen molar-refractivity contribution in [1.82, 2.24) is 9.88 Å². The molecule has 0 aliphatic heterocycles. The van der Waals surface area contributed by atoms with Crippen LogP contribution in [0.4, 0.5) is 5.69 Å². The van der Waals surface area contributed by atoms with E-state index in [2.05, 4.69) is 10.3 Å². The molecule has 0 spiro atoms. The minimum absolute atomic E-state index is 0.175. The monoisotopic (exact) mass is 335 g/mol. The number of ether oxygens (including phenoxy) is 1. The summed E-state index contributed by atoms with van der Waals surface area (Å²) in [7, 11) is 4.79. The normalized spacial score (nSPS) is 10.3. The number of hydrogen-bond donors (Lipinski definition) is 2. The van der Waals surface area contributed by atoms with E-state index in [4.69, 9.17) is 16.3 Å². The number of pyridine rings is 1. The first-order valence-corrected chi connectivity index (χ1v) is 7.31. The summed E-state index contributed by atoms with van der Waals surface area (Å²) in [4.78, 5) is 28.0. The molecule has 0 aliphatic carbocycles. The summed E-state index contributed by atoms with van der Waals surface area (Å²) in [6.45, 7) is 0.280. The zero-order chi connectivity index (χ0) is 17.0. The van der Waals surface area contributed by atoms with Crippen LogP contribution in [0.5, 0.6) is 5.75 Å². The van der Waals surface area contributed by atoms with Crippen molar-refractivity contribution in [3.63, 3.8) is 0 Å². The van der Waals surface area contributed by atoms with E-state index < -0.39 is 0 Å². The molecule has 2 N–H and O–H groups in total. The number of benzene rings is 1. The maximum absolute atomic E-state index is 12.3. The third-order valence-electron chi connectivity index (χ3n) is 3.26. The summed E-state index contributed by atoms with van der Waals surface area (Å²) in [6.07, 6.45) is 1.57. The number of aromatic amines is 1. The lowest BCUT2D eigenvalue weighted by molar-refractivity contribution is 0.0824. The molecule has 1 aromatic carbocycles. The molecular weight excluding hydrogens is 318 g/mol. The first kappa shape index (κ1) is 16.9. The second-order valence-electron chi connectivity index (χ2n) is 5.11. The number of nitrogens with zero attached hydrogens (tertiary/aromatic N) is 1. The van der Waals surface area contributed by atoms with Crippen molar-refractivity contribution in [2.75, 3.05) is 26.5 Å². The molecule has 2 rings (SSSR count). The van der Waals surface area contributed by atoms with E-state index in [1.165, 1.54) is 12.0 Å². The van der Waals surface area contributed by atoms with Crippen LogP contribution in [0.1, 0.15) is 15.9 Å². The van der Waals surface area contributed by atoms with Crippen LogP contribution in [0, 0.1) is 0 Å². The first-order valence-electron chi connectivity index (χ1n) is 6.93. The number of carbonyl (C=O) groups is 1. The van der Waals surface area contributed by atoms with Gasteiger partial charge in [-0.05, 0) is 18.2 Å². The minimum Gasteiger partial charge on any atom is -0.494 e. The van der Waals surface area contributed by atoms with Crippen LogP contribution >= 0.6 is 11.6 Å². The molecular formula is C16H18ClN3O3. The molecule has 2 aromatic rings. The molecule has 0 radical (unpaired) electrons. The summed E-state index contributed by atoms with van der Waals surface area (Å²) >= 11 is 6.11. The van der Waals surface area contributed by atoms with Crippen LogP contribution in [-0.4, -0.2) is 37.0 Å². The molecule has 0 unspecified atom stereocenters. The van der Waals surface area contributed by atoms with Gasteiger partial charge in [0.25, 0.3) is 11.5 Å². The molecule has 0 bridgehead atoms. The highest BCUT2D eigenvalue weighted by atomic mass is 35.5. The maximum Gasteiger partial charge on any atom is 0.257 e. The van der Waals surface area contributed by atoms with Gasteiger partial charge in [-0.1, -0.05) is 17.7 Å². The van der Waals surface area contributed by atoms with Gasteiger partial charge in [0.2, 0.25) is 0 Å². The molecule has 7 heteroatoms. The van der Waals surface area contributed by atoms with Crippen molar-refractivity contribution in [3.05, 3.63) is 57.0 Å². The zero-order valence-corrected chi connectivity index (χ0v) is 13.9. The molecule has 1 aromatic heterocycles. The summed E-state index contributed by atoms with van der Waals surface area (Å²) in [6, 6.07) is 6.68. The number of aromatic nitrogens is 1. The van der Waals surface area contributed by atoms with Gasteiger partial charge in [0, 0.05) is 37.4 Å². The number of halogens is 1. The molecule has 0 aliphatic rings. The van der Waals surface area contributed by atoms with E-state index in [1.54, 1.807) is 44.6 Å². The highest BCUT2D eigenvalue weighted by Gasteiger charge is 2.19. The highest BCUT2D eigenvalue weighted by Crippen LogP contribution is 2.33. The van der Waals surface area contributed by atoms with E-state index in [0.29, 0.717) is 27.6 Å². The largest absolute Gasteiger partial charge is 0.494 e. The van der Waals surface area contributed by atoms with Crippen molar-refractivity contribution in [3.8, 4) is 5.75 Å². The average Bonchev–Trinajstić information content (AvgIpc) is 2.52. The topological polar surface area (TPSA) is 74.4 Å². The van der Waals surface area contributed by atoms with Crippen LogP contribution in [0.2, 0.25) is 5.02 Å². The number of rotatable bonds is 5. The quantitative estimate of drug-likeness (QED) is 0.879. The molecule has 122 valence electrons. The Bertz CT molecular complexity index is 771. The predicted molar refractivity (Wildman–Crippen MR) is 90.4 cm³/mol. The first-order chi connectivity index (χ1) is 10.9. The number of methoxy groups -OCH3 is 1. The van der Waals surface area contributed by atoms with Gasteiger partial charge in [-0.15, -0.1) is 0 Å². The SMILES string of the molecule is COc1c(NCc2ccc[nH]c2=O)cc(Cl)cc1C(=O)N(C)C. The van der Waals surface area contributed by atoms with Gasteiger partial charge in [0.1, 0.15) is 0 Å². The van der Waals surface area contributed by atoms with Crippen LogP contribution < -0.4 is 15.6 Å². The molecule has 0 fully saturated rings. The molecule has 1 amide bonds. The van der Waals surface area contributed by atoms with Crippen LogP contribution in [-0.2, 0) is 6.54 Å². The van der Waals surface area contributed by atoms with Crippen molar-refractivity contribution >= 4 is 23.2 Å². The lowest BCUT2D eigenvalue weighted by Gasteiger charge is -2.17. The van der Waals surface area contributed by atoms with Gasteiger partial charge < -0.3 is 19.9 Å². The Labute approximate surface area is 139 Å². The lowest BCUT2D eigenvalue weighted by atomic mass is 10.1. The number of carbonyl (C=O) groups excluding carboxylic acids is 1. The molecule has 1 heterocycles. The van der Waals surface area contributed by atoms with Crippen LogP contribution in [0.25, 0.3) is 0 Å². The Morgan fingerprint density at radius 2 is 2.13 bits per heavy atom. The predicted octanol–water partition coefficient (Wildman–Crippen LogP) is 2.35. The fourth-order valence-electron chi connectivity index (χ4n) is 2.13. The van der Waals surface area contributed by atoms with Crippen LogP contribution in [0.15, 0.2) is 35.3 Å². The van der Waals surface area contributed by atoms with Crippen molar-refractivity contribution in [2.45, 2.75) is 6.54 Å². The summed E-state index contributed by atoms with van der Waals surface area (Å²) in [5.74, 6) is 0.172. The van der Waals surface area contributed by atoms with E-state index in [-0.39, 0.29) is 18.0 Å². The molecule has 0 saturated heterocycles. The smallest absolute Gasteiger partial charge is 0.257 e. The molecule has 0 atom stereocenters. The molecule has 0 saturated carbocycles. The number of nitrogens with one attached hydrogen (secondary N) is 2. The minimum atomic E-state index is -0.218. The van der Waals surface area contributed by atoms with E-state index in [9.17, 15) is 9.59 Å². The van der Waals surface area contributed by atoms with E-state index in [0.717, 1.165) is 0 Å². The Hall–Kier alpha value is -2.47. The van der Waals surface area contributed by atoms with Gasteiger partial charge in [0.15, 0.2) is 5.75 Å². The van der Waals surface area contributed by atoms with Gasteiger partial charge in [-0.25, -0.2) is 0 Å². The fraction of sp³-hybridized carbons (Fsp3) is 0.250. The fourth-order valence-corrected chi connectivity index (χ4v) is 2.35. The second kappa shape index (κ2) is 7.19. The Morgan fingerprint density at radius 1 is 1.39 bits per heavy atom. The van der Waals surface area contributed by atoms with Gasteiger partial charge in [-0.3, -0.25) is 9.59 Å².